The Labute approximate surface area is 246 Å². The van der Waals surface area contributed by atoms with Crippen molar-refractivity contribution >= 4 is 46.5 Å². The fraction of sp³-hybridized carbons (Fsp3) is 0.643. The number of hydrogen-bond acceptors (Lipinski definition) is 7. The third-order valence-corrected chi connectivity index (χ3v) is 6.49. The number of amides is 3. The topological polar surface area (TPSA) is 149 Å². The van der Waals surface area contributed by atoms with Crippen LogP contribution in [0.4, 0.5) is 4.79 Å². The van der Waals surface area contributed by atoms with Gasteiger partial charge >= 0.3 is 12.1 Å². The van der Waals surface area contributed by atoms with Crippen molar-refractivity contribution in [1.29, 1.82) is 0 Å². The van der Waals surface area contributed by atoms with E-state index in [0.717, 1.165) is 12.8 Å². The summed E-state index contributed by atoms with van der Waals surface area (Å²) in [7, 11) is 1.27. The zero-order valence-electron chi connectivity index (χ0n) is 23.6. The Morgan fingerprint density at radius 3 is 2.15 bits per heavy atom. The molecule has 0 aromatic heterocycles. The summed E-state index contributed by atoms with van der Waals surface area (Å²) >= 11 is 2.27. The number of ether oxygens (including phenoxy) is 2. The normalized spacial score (nSPS) is 12.7. The number of aryl methyl sites for hydroxylation is 1. The van der Waals surface area contributed by atoms with Crippen LogP contribution in [0.5, 0.6) is 0 Å². The predicted octanol–water partition coefficient (Wildman–Crippen LogP) is 3.58. The van der Waals surface area contributed by atoms with E-state index in [2.05, 4.69) is 62.8 Å². The number of halogens is 1. The number of rotatable bonds is 17. The largest absolute Gasteiger partial charge is 0.467 e. The molecule has 2 unspecified atom stereocenters. The Balaban J connectivity index is 2.24. The van der Waals surface area contributed by atoms with E-state index < -0.39 is 35.7 Å². The van der Waals surface area contributed by atoms with Gasteiger partial charge in [-0.25, -0.2) is 9.59 Å². The second-order valence-corrected chi connectivity index (χ2v) is 11.7. The van der Waals surface area contributed by atoms with E-state index in [1.165, 1.54) is 16.2 Å². The minimum atomic E-state index is -0.799. The van der Waals surface area contributed by atoms with Crippen LogP contribution < -0.4 is 21.7 Å². The van der Waals surface area contributed by atoms with Gasteiger partial charge in [0.2, 0.25) is 11.8 Å². The number of nitrogens with two attached hydrogens (primary N) is 1. The molecule has 11 heteroatoms. The summed E-state index contributed by atoms with van der Waals surface area (Å²) in [5.41, 5.74) is 6.66. The van der Waals surface area contributed by atoms with Crippen LogP contribution in [0.2, 0.25) is 0 Å². The van der Waals surface area contributed by atoms with Crippen molar-refractivity contribution in [3.63, 3.8) is 0 Å². The molecule has 220 valence electrons. The molecule has 0 saturated carbocycles. The summed E-state index contributed by atoms with van der Waals surface area (Å²) in [5.74, 6) is -0.950. The van der Waals surface area contributed by atoms with Crippen molar-refractivity contribution < 1.29 is 28.7 Å². The van der Waals surface area contributed by atoms with Crippen molar-refractivity contribution in [2.24, 2.45) is 5.73 Å². The van der Waals surface area contributed by atoms with Crippen LogP contribution in [-0.4, -0.2) is 61.8 Å². The molecule has 1 aromatic rings. The highest BCUT2D eigenvalue weighted by atomic mass is 127. The highest BCUT2D eigenvalue weighted by molar-refractivity contribution is 14.1. The second kappa shape index (κ2) is 18.8. The maximum atomic E-state index is 12.5. The molecule has 1 rings (SSSR count). The van der Waals surface area contributed by atoms with Crippen LogP contribution in [0.25, 0.3) is 0 Å². The SMILES string of the molecule is COC(=O)C(CCCCNC(=O)CCCc1ccc(I)cc1)NC(=O)C(N)CCCCNC(=O)OC(C)(C)C. The van der Waals surface area contributed by atoms with E-state index in [0.29, 0.717) is 58.0 Å². The lowest BCUT2D eigenvalue weighted by atomic mass is 10.1. The molecule has 0 aliphatic rings. The van der Waals surface area contributed by atoms with Gasteiger partial charge in [0.05, 0.1) is 13.2 Å². The molecular weight excluding hydrogens is 615 g/mol. The molecule has 5 N–H and O–H groups in total. The average Bonchev–Trinajstić information content (AvgIpc) is 2.87. The minimum absolute atomic E-state index is 0.00519. The first kappa shape index (κ1) is 34.6. The third-order valence-electron chi connectivity index (χ3n) is 5.77. The van der Waals surface area contributed by atoms with Gasteiger partial charge in [-0.15, -0.1) is 0 Å². The summed E-state index contributed by atoms with van der Waals surface area (Å²) < 4.78 is 11.2. The maximum absolute atomic E-state index is 12.5. The Morgan fingerprint density at radius 2 is 1.54 bits per heavy atom. The molecule has 0 heterocycles. The molecule has 10 nitrogen and oxygen atoms in total. The lowest BCUT2D eigenvalue weighted by Crippen LogP contribution is -2.48. The molecule has 3 amide bonds. The average molecular weight is 661 g/mol. The molecule has 0 aliphatic heterocycles. The van der Waals surface area contributed by atoms with Crippen LogP contribution in [0.3, 0.4) is 0 Å². The van der Waals surface area contributed by atoms with Crippen LogP contribution in [0.1, 0.15) is 77.7 Å². The maximum Gasteiger partial charge on any atom is 0.407 e. The molecule has 0 radical (unpaired) electrons. The smallest absolute Gasteiger partial charge is 0.407 e. The number of nitrogens with one attached hydrogen (secondary N) is 3. The van der Waals surface area contributed by atoms with Gasteiger partial charge in [0.25, 0.3) is 0 Å². The van der Waals surface area contributed by atoms with Gasteiger partial charge in [-0.2, -0.15) is 0 Å². The predicted molar refractivity (Wildman–Crippen MR) is 159 cm³/mol. The van der Waals surface area contributed by atoms with Crippen LogP contribution in [0, 0.1) is 3.57 Å². The fourth-order valence-electron chi connectivity index (χ4n) is 3.69. The van der Waals surface area contributed by atoms with Gasteiger partial charge in [-0.3, -0.25) is 9.59 Å². The molecule has 2 atom stereocenters. The zero-order chi connectivity index (χ0) is 29.3. The summed E-state index contributed by atoms with van der Waals surface area (Å²) in [4.78, 5) is 48.4. The first-order valence-electron chi connectivity index (χ1n) is 13.5. The van der Waals surface area contributed by atoms with E-state index in [1.54, 1.807) is 20.8 Å². The van der Waals surface area contributed by atoms with Crippen molar-refractivity contribution in [3.8, 4) is 0 Å². The number of alkyl carbamates (subject to hydrolysis) is 1. The Bertz CT molecular complexity index is 904. The Hall–Kier alpha value is -2.41. The van der Waals surface area contributed by atoms with Crippen molar-refractivity contribution in [3.05, 3.63) is 33.4 Å². The van der Waals surface area contributed by atoms with Crippen LogP contribution >= 0.6 is 22.6 Å². The van der Waals surface area contributed by atoms with Crippen LogP contribution in [-0.2, 0) is 30.3 Å². The molecular formula is C28H45IN4O6. The summed E-state index contributed by atoms with van der Waals surface area (Å²) in [6, 6.07) is 6.70. The quantitative estimate of drug-likeness (QED) is 0.113. The van der Waals surface area contributed by atoms with Crippen molar-refractivity contribution in [1.82, 2.24) is 16.0 Å². The highest BCUT2D eigenvalue weighted by Crippen LogP contribution is 2.10. The van der Waals surface area contributed by atoms with Crippen molar-refractivity contribution in [2.75, 3.05) is 20.2 Å². The lowest BCUT2D eigenvalue weighted by molar-refractivity contribution is -0.145. The molecule has 0 saturated heterocycles. The number of carbonyl (C=O) groups excluding carboxylic acids is 4. The molecule has 0 aliphatic carbocycles. The minimum Gasteiger partial charge on any atom is -0.467 e. The van der Waals surface area contributed by atoms with E-state index >= 15 is 0 Å². The standard InChI is InChI=1S/C28H45IN4O6/c1-28(2,3)39-27(37)32-19-7-5-11-22(30)25(35)33-23(26(36)38-4)12-6-8-18-31-24(34)13-9-10-20-14-16-21(29)17-15-20/h14-17,22-23H,5-13,18-19,30H2,1-4H3,(H,31,34)(H,32,37)(H,33,35). The van der Waals surface area contributed by atoms with E-state index in [4.69, 9.17) is 15.2 Å². The lowest BCUT2D eigenvalue weighted by Gasteiger charge is -2.20. The summed E-state index contributed by atoms with van der Waals surface area (Å²) in [6.07, 6.45) is 4.95. The Kier molecular flexibility index (Phi) is 16.7. The summed E-state index contributed by atoms with van der Waals surface area (Å²) in [6.45, 7) is 6.29. The van der Waals surface area contributed by atoms with Gasteiger partial charge in [-0.05, 0) is 112 Å². The highest BCUT2D eigenvalue weighted by Gasteiger charge is 2.24. The van der Waals surface area contributed by atoms with Crippen molar-refractivity contribution in [2.45, 2.75) is 96.2 Å². The van der Waals surface area contributed by atoms with Gasteiger partial charge in [0.15, 0.2) is 0 Å². The van der Waals surface area contributed by atoms with E-state index in [9.17, 15) is 19.2 Å². The molecule has 39 heavy (non-hydrogen) atoms. The monoisotopic (exact) mass is 660 g/mol. The first-order chi connectivity index (χ1) is 18.4. The van der Waals surface area contributed by atoms with Crippen LogP contribution in [0.15, 0.2) is 24.3 Å². The van der Waals surface area contributed by atoms with E-state index in [1.807, 2.05) is 0 Å². The van der Waals surface area contributed by atoms with Gasteiger partial charge in [-0.1, -0.05) is 12.1 Å². The number of benzene rings is 1. The number of hydrogen-bond donors (Lipinski definition) is 4. The third kappa shape index (κ3) is 17.0. The Morgan fingerprint density at radius 1 is 0.923 bits per heavy atom. The number of unbranched alkanes of at least 4 members (excludes halogenated alkanes) is 2. The molecule has 1 aromatic carbocycles. The number of carbonyl (C=O) groups is 4. The molecule has 0 spiro atoms. The molecule has 0 fully saturated rings. The fourth-order valence-corrected chi connectivity index (χ4v) is 4.05. The van der Waals surface area contributed by atoms with E-state index in [-0.39, 0.29) is 5.91 Å². The second-order valence-electron chi connectivity index (χ2n) is 10.4. The van der Waals surface area contributed by atoms with Gasteiger partial charge in [0, 0.05) is 23.1 Å². The number of methoxy groups -OCH3 is 1. The first-order valence-corrected chi connectivity index (χ1v) is 14.6. The zero-order valence-corrected chi connectivity index (χ0v) is 25.8. The van der Waals surface area contributed by atoms with Gasteiger partial charge < -0.3 is 31.2 Å². The number of esters is 1. The molecule has 0 bridgehead atoms. The van der Waals surface area contributed by atoms with Gasteiger partial charge in [0.1, 0.15) is 11.6 Å². The summed E-state index contributed by atoms with van der Waals surface area (Å²) in [5, 5.41) is 8.26.